The van der Waals surface area contributed by atoms with Crippen molar-refractivity contribution in [1.29, 1.82) is 0 Å². The summed E-state index contributed by atoms with van der Waals surface area (Å²) in [5, 5.41) is 0. The third kappa shape index (κ3) is 2.69. The van der Waals surface area contributed by atoms with Gasteiger partial charge in [-0.3, -0.25) is 0 Å². The number of benzene rings is 2. The van der Waals surface area contributed by atoms with E-state index in [4.69, 9.17) is 0 Å². The van der Waals surface area contributed by atoms with Crippen molar-refractivity contribution in [3.8, 4) is 16.9 Å². The molecule has 0 amide bonds. The molecule has 2 aliphatic rings. The van der Waals surface area contributed by atoms with E-state index in [1.807, 2.05) is 31.2 Å². The van der Waals surface area contributed by atoms with Crippen molar-refractivity contribution in [2.75, 3.05) is 0 Å². The predicted molar refractivity (Wildman–Crippen MR) is 91.6 cm³/mol. The number of aryl methyl sites for hydroxylation is 1. The van der Waals surface area contributed by atoms with Gasteiger partial charge in [0.2, 0.25) is 0 Å². The van der Waals surface area contributed by atoms with Crippen molar-refractivity contribution in [3.05, 3.63) is 53.1 Å². The summed E-state index contributed by atoms with van der Waals surface area (Å²) in [4.78, 5) is 0. The van der Waals surface area contributed by atoms with E-state index in [0.717, 1.165) is 41.5 Å². The van der Waals surface area contributed by atoms with Crippen molar-refractivity contribution in [1.82, 2.24) is 0 Å². The lowest BCUT2D eigenvalue weighted by Crippen LogP contribution is -2.28. The van der Waals surface area contributed by atoms with Crippen LogP contribution in [0.2, 0.25) is 0 Å². The summed E-state index contributed by atoms with van der Waals surface area (Å²) in [6, 6.07) is 10.9. The lowest BCUT2D eigenvalue weighted by Gasteiger charge is -2.22. The average Bonchev–Trinajstić information content (AvgIpc) is 3.17. The first-order valence-electron chi connectivity index (χ1n) is 8.42. The van der Waals surface area contributed by atoms with Gasteiger partial charge in [-0.2, -0.15) is 21.6 Å². The van der Waals surface area contributed by atoms with Crippen molar-refractivity contribution >= 4 is 10.1 Å². The zero-order valence-corrected chi connectivity index (χ0v) is 14.8. The lowest BCUT2D eigenvalue weighted by molar-refractivity contribution is -0.0500. The molecule has 0 saturated heterocycles. The van der Waals surface area contributed by atoms with Gasteiger partial charge in [-0.25, -0.2) is 0 Å². The fourth-order valence-corrected chi connectivity index (χ4v) is 4.68. The van der Waals surface area contributed by atoms with Gasteiger partial charge in [-0.05, 0) is 60.8 Å². The maximum atomic E-state index is 12.7. The first-order chi connectivity index (χ1) is 12.2. The molecule has 1 saturated carbocycles. The van der Waals surface area contributed by atoms with Crippen molar-refractivity contribution in [3.63, 3.8) is 0 Å². The third-order valence-electron chi connectivity index (χ3n) is 5.34. The molecule has 138 valence electrons. The summed E-state index contributed by atoms with van der Waals surface area (Å²) in [5.41, 5.74) is -0.823. The highest BCUT2D eigenvalue weighted by atomic mass is 32.2. The Morgan fingerprint density at radius 2 is 1.58 bits per heavy atom. The van der Waals surface area contributed by atoms with Crippen LogP contribution in [0.3, 0.4) is 0 Å². The molecule has 1 fully saturated rings. The molecular formula is C19H17F3O3S. The van der Waals surface area contributed by atoms with Crippen LogP contribution in [-0.2, 0) is 10.1 Å². The first-order valence-corrected chi connectivity index (χ1v) is 9.83. The zero-order chi connectivity index (χ0) is 18.7. The molecule has 2 bridgehead atoms. The van der Waals surface area contributed by atoms with Crippen LogP contribution < -0.4 is 4.18 Å². The summed E-state index contributed by atoms with van der Waals surface area (Å²) in [7, 11) is -5.67. The molecule has 0 heterocycles. The molecule has 2 unspecified atom stereocenters. The molecule has 2 aliphatic carbocycles. The van der Waals surface area contributed by atoms with E-state index in [-0.39, 0.29) is 17.6 Å². The monoisotopic (exact) mass is 382 g/mol. The van der Waals surface area contributed by atoms with Gasteiger partial charge in [0.05, 0.1) is 0 Å². The Bertz CT molecular complexity index is 963. The maximum Gasteiger partial charge on any atom is 0.534 e. The minimum Gasteiger partial charge on any atom is -0.376 e. The molecule has 26 heavy (non-hydrogen) atoms. The Morgan fingerprint density at radius 3 is 2.19 bits per heavy atom. The van der Waals surface area contributed by atoms with Crippen LogP contribution in [0.15, 0.2) is 36.4 Å². The molecule has 3 nitrogen and oxygen atoms in total. The molecule has 7 heteroatoms. The van der Waals surface area contributed by atoms with E-state index in [1.165, 1.54) is 6.07 Å². The van der Waals surface area contributed by atoms with Gasteiger partial charge < -0.3 is 4.18 Å². The van der Waals surface area contributed by atoms with Crippen LogP contribution in [0.4, 0.5) is 13.2 Å². The maximum absolute atomic E-state index is 12.7. The van der Waals surface area contributed by atoms with Gasteiger partial charge in [0.1, 0.15) is 5.75 Å². The minimum absolute atomic E-state index is 0.0545. The lowest BCUT2D eigenvalue weighted by atomic mass is 9.85. The van der Waals surface area contributed by atoms with E-state index in [1.54, 1.807) is 6.07 Å². The molecule has 0 aliphatic heterocycles. The van der Waals surface area contributed by atoms with Crippen LogP contribution in [0, 0.1) is 6.92 Å². The number of hydrogen-bond acceptors (Lipinski definition) is 3. The van der Waals surface area contributed by atoms with Gasteiger partial charge in [-0.1, -0.05) is 35.9 Å². The second-order valence-corrected chi connectivity index (χ2v) is 8.53. The third-order valence-corrected chi connectivity index (χ3v) is 6.31. The molecule has 2 aromatic carbocycles. The smallest absolute Gasteiger partial charge is 0.376 e. The van der Waals surface area contributed by atoms with Crippen LogP contribution in [0.25, 0.3) is 11.1 Å². The Balaban J connectivity index is 1.84. The van der Waals surface area contributed by atoms with Crippen LogP contribution in [0.1, 0.15) is 47.8 Å². The van der Waals surface area contributed by atoms with Gasteiger partial charge in [0.25, 0.3) is 0 Å². The summed E-state index contributed by atoms with van der Waals surface area (Å²) in [6.45, 7) is 1.98. The fourth-order valence-electron chi connectivity index (χ4n) is 4.21. The standard InChI is InChI=1S/C19H17F3O3S/c1-11-2-4-12(5-3-11)15-8-9-16(25-26(23,24)19(20,21)22)18-14-7-6-13(10-14)17(15)18/h2-5,8-9,13-14H,6-7,10H2,1H3. The Kier molecular flexibility index (Phi) is 3.84. The van der Waals surface area contributed by atoms with E-state index in [9.17, 15) is 21.6 Å². The molecule has 2 atom stereocenters. The second kappa shape index (κ2) is 5.74. The van der Waals surface area contributed by atoms with Crippen LogP contribution in [-0.4, -0.2) is 13.9 Å². The topological polar surface area (TPSA) is 43.4 Å². The zero-order valence-electron chi connectivity index (χ0n) is 14.0. The summed E-state index contributed by atoms with van der Waals surface area (Å²) in [5.74, 6) is 0.114. The predicted octanol–water partition coefficient (Wildman–Crippen LogP) is 5.26. The highest BCUT2D eigenvalue weighted by Crippen LogP contribution is 2.58. The molecular weight excluding hydrogens is 365 g/mol. The molecule has 0 aromatic heterocycles. The summed E-state index contributed by atoms with van der Waals surface area (Å²) in [6.07, 6.45) is 2.64. The Morgan fingerprint density at radius 1 is 0.962 bits per heavy atom. The van der Waals surface area contributed by atoms with E-state index < -0.39 is 15.6 Å². The number of halogens is 3. The van der Waals surface area contributed by atoms with Gasteiger partial charge in [0.15, 0.2) is 0 Å². The molecule has 0 radical (unpaired) electrons. The van der Waals surface area contributed by atoms with Gasteiger partial charge in [-0.15, -0.1) is 0 Å². The van der Waals surface area contributed by atoms with Crippen LogP contribution >= 0.6 is 0 Å². The number of alkyl halides is 3. The highest BCUT2D eigenvalue weighted by molar-refractivity contribution is 7.88. The average molecular weight is 382 g/mol. The quantitative estimate of drug-likeness (QED) is 0.538. The number of hydrogen-bond donors (Lipinski definition) is 0. The van der Waals surface area contributed by atoms with Gasteiger partial charge in [0, 0.05) is 5.56 Å². The van der Waals surface area contributed by atoms with Crippen molar-refractivity contribution < 1.29 is 25.8 Å². The van der Waals surface area contributed by atoms with E-state index >= 15 is 0 Å². The Labute approximate surface area is 149 Å². The second-order valence-electron chi connectivity index (χ2n) is 6.99. The first kappa shape index (κ1) is 17.4. The number of fused-ring (bicyclic) bond motifs is 5. The molecule has 4 rings (SSSR count). The summed E-state index contributed by atoms with van der Waals surface area (Å²) < 4.78 is 65.6. The van der Waals surface area contributed by atoms with E-state index in [0.29, 0.717) is 5.56 Å². The largest absolute Gasteiger partial charge is 0.534 e. The molecule has 2 aromatic rings. The summed E-state index contributed by atoms with van der Waals surface area (Å²) >= 11 is 0. The minimum atomic E-state index is -5.67. The fraction of sp³-hybridized carbons (Fsp3) is 0.368. The molecule has 0 spiro atoms. The SMILES string of the molecule is Cc1ccc(-c2ccc(OS(=O)(=O)C(F)(F)F)c3c2C2CCC3C2)cc1. The van der Waals surface area contributed by atoms with Crippen molar-refractivity contribution in [2.45, 2.75) is 43.5 Å². The van der Waals surface area contributed by atoms with E-state index in [2.05, 4.69) is 4.18 Å². The molecule has 0 N–H and O–H groups in total. The highest BCUT2D eigenvalue weighted by Gasteiger charge is 2.50. The van der Waals surface area contributed by atoms with Crippen LogP contribution in [0.5, 0.6) is 5.75 Å². The Hall–Kier alpha value is -2.02. The van der Waals surface area contributed by atoms with Crippen molar-refractivity contribution in [2.24, 2.45) is 0 Å². The number of rotatable bonds is 3. The van der Waals surface area contributed by atoms with Gasteiger partial charge >= 0.3 is 15.6 Å². The normalized spacial score (nSPS) is 21.7.